The zero-order chi connectivity index (χ0) is 18.9. The second-order valence-corrected chi connectivity index (χ2v) is 6.96. The van der Waals surface area contributed by atoms with Crippen LogP contribution in [0.1, 0.15) is 17.0 Å². The first-order chi connectivity index (χ1) is 13.2. The highest BCUT2D eigenvalue weighted by Gasteiger charge is 2.05. The van der Waals surface area contributed by atoms with E-state index in [1.54, 1.807) is 6.08 Å². The van der Waals surface area contributed by atoms with Gasteiger partial charge >= 0.3 is 5.97 Å². The number of nitrogens with zero attached hydrogens (tertiary/aromatic N) is 1. The number of rotatable bonds is 8. The highest BCUT2D eigenvalue weighted by molar-refractivity contribution is 7.19. The number of hydrogen-bond donors (Lipinski definition) is 1. The molecule has 0 aliphatic carbocycles. The molecule has 1 aromatic heterocycles. The van der Waals surface area contributed by atoms with E-state index in [9.17, 15) is 9.59 Å². The molecule has 0 aliphatic heterocycles. The summed E-state index contributed by atoms with van der Waals surface area (Å²) in [6, 6.07) is 17.8. The molecule has 3 aromatic rings. The van der Waals surface area contributed by atoms with E-state index in [-0.39, 0.29) is 12.5 Å². The van der Waals surface area contributed by atoms with Crippen LogP contribution in [0.15, 0.2) is 60.7 Å². The van der Waals surface area contributed by atoms with Crippen molar-refractivity contribution in [2.24, 2.45) is 0 Å². The second kappa shape index (κ2) is 9.64. The van der Waals surface area contributed by atoms with Crippen LogP contribution >= 0.6 is 11.3 Å². The number of carbonyl (C=O) groups excluding carboxylic acids is 2. The minimum Gasteiger partial charge on any atom is -0.452 e. The first-order valence-corrected chi connectivity index (χ1v) is 9.53. The van der Waals surface area contributed by atoms with E-state index in [0.29, 0.717) is 6.54 Å². The summed E-state index contributed by atoms with van der Waals surface area (Å²) in [5.74, 6) is -0.863. The topological polar surface area (TPSA) is 68.3 Å². The fourth-order valence-electron chi connectivity index (χ4n) is 2.50. The monoisotopic (exact) mass is 380 g/mol. The van der Waals surface area contributed by atoms with E-state index >= 15 is 0 Å². The van der Waals surface area contributed by atoms with Gasteiger partial charge in [0.2, 0.25) is 0 Å². The van der Waals surface area contributed by atoms with Crippen LogP contribution in [-0.2, 0) is 20.7 Å². The molecule has 2 aromatic carbocycles. The van der Waals surface area contributed by atoms with Crippen LogP contribution in [0.2, 0.25) is 0 Å². The van der Waals surface area contributed by atoms with Crippen molar-refractivity contribution in [1.82, 2.24) is 10.3 Å². The lowest BCUT2D eigenvalue weighted by Gasteiger charge is -2.05. The number of hydrogen-bond acceptors (Lipinski definition) is 5. The van der Waals surface area contributed by atoms with Crippen LogP contribution < -0.4 is 5.32 Å². The van der Waals surface area contributed by atoms with Gasteiger partial charge in [0.15, 0.2) is 6.61 Å². The number of ether oxygens (including phenoxy) is 1. The fraction of sp³-hybridized carbons (Fsp3) is 0.190. The number of nitrogens with one attached hydrogen (secondary N) is 1. The van der Waals surface area contributed by atoms with Crippen molar-refractivity contribution >= 4 is 39.5 Å². The molecule has 1 N–H and O–H groups in total. The van der Waals surface area contributed by atoms with E-state index in [2.05, 4.69) is 22.4 Å². The predicted octanol–water partition coefficient (Wildman–Crippen LogP) is 3.60. The molecule has 0 saturated carbocycles. The fourth-order valence-corrected chi connectivity index (χ4v) is 3.37. The number of fused-ring (bicyclic) bond motifs is 1. The van der Waals surface area contributed by atoms with Gasteiger partial charge in [0.25, 0.3) is 5.91 Å². The SMILES string of the molecule is O=C(COC(=O)/C=C/c1nc2ccccc2s1)NCCCc1ccccc1. The third kappa shape index (κ3) is 6.04. The minimum atomic E-state index is -0.561. The van der Waals surface area contributed by atoms with Crippen molar-refractivity contribution < 1.29 is 14.3 Å². The Morgan fingerprint density at radius 2 is 1.85 bits per heavy atom. The Labute approximate surface area is 161 Å². The van der Waals surface area contributed by atoms with Gasteiger partial charge in [-0.1, -0.05) is 42.5 Å². The Balaban J connectivity index is 1.35. The first kappa shape index (κ1) is 18.8. The van der Waals surface area contributed by atoms with Crippen LogP contribution in [0.5, 0.6) is 0 Å². The van der Waals surface area contributed by atoms with E-state index in [1.807, 2.05) is 42.5 Å². The molecule has 0 bridgehead atoms. The van der Waals surface area contributed by atoms with Gasteiger partial charge in [-0.2, -0.15) is 0 Å². The van der Waals surface area contributed by atoms with Gasteiger partial charge in [-0.05, 0) is 36.6 Å². The van der Waals surface area contributed by atoms with Gasteiger partial charge in [0.1, 0.15) is 5.01 Å². The number of para-hydroxylation sites is 1. The van der Waals surface area contributed by atoms with Crippen molar-refractivity contribution in [1.29, 1.82) is 0 Å². The first-order valence-electron chi connectivity index (χ1n) is 8.72. The Bertz CT molecular complexity index is 902. The lowest BCUT2D eigenvalue weighted by molar-refractivity contribution is -0.143. The second-order valence-electron chi connectivity index (χ2n) is 5.90. The number of thiazole rings is 1. The number of aryl methyl sites for hydroxylation is 1. The quantitative estimate of drug-likeness (QED) is 0.368. The van der Waals surface area contributed by atoms with Crippen molar-refractivity contribution in [3.05, 3.63) is 71.2 Å². The van der Waals surface area contributed by atoms with Gasteiger partial charge in [-0.15, -0.1) is 11.3 Å². The third-order valence-corrected chi connectivity index (χ3v) is 4.83. The minimum absolute atomic E-state index is 0.283. The third-order valence-electron chi connectivity index (χ3n) is 3.83. The van der Waals surface area contributed by atoms with E-state index in [0.717, 1.165) is 28.1 Å². The van der Waals surface area contributed by atoms with Crippen LogP contribution in [-0.4, -0.2) is 30.0 Å². The van der Waals surface area contributed by atoms with Crippen LogP contribution in [0.3, 0.4) is 0 Å². The van der Waals surface area contributed by atoms with Gasteiger partial charge in [0, 0.05) is 12.6 Å². The molecular formula is C21H20N2O3S. The molecule has 27 heavy (non-hydrogen) atoms. The molecule has 1 amide bonds. The van der Waals surface area contributed by atoms with E-state index < -0.39 is 5.97 Å². The van der Waals surface area contributed by atoms with Crippen molar-refractivity contribution in [3.8, 4) is 0 Å². The smallest absolute Gasteiger partial charge is 0.331 e. The number of aromatic nitrogens is 1. The molecule has 138 valence electrons. The Kier molecular flexibility index (Phi) is 6.71. The van der Waals surface area contributed by atoms with Gasteiger partial charge < -0.3 is 10.1 Å². The number of amides is 1. The maximum absolute atomic E-state index is 11.7. The summed E-state index contributed by atoms with van der Waals surface area (Å²) in [7, 11) is 0. The molecular weight excluding hydrogens is 360 g/mol. The normalized spacial score (nSPS) is 11.0. The summed E-state index contributed by atoms with van der Waals surface area (Å²) in [5, 5.41) is 3.47. The van der Waals surface area contributed by atoms with E-state index in [1.165, 1.54) is 23.0 Å². The molecule has 5 nitrogen and oxygen atoms in total. The molecule has 0 fully saturated rings. The number of benzene rings is 2. The summed E-state index contributed by atoms with van der Waals surface area (Å²) in [4.78, 5) is 27.9. The molecule has 0 atom stereocenters. The molecule has 0 radical (unpaired) electrons. The van der Waals surface area contributed by atoms with Crippen LogP contribution in [0, 0.1) is 0 Å². The Morgan fingerprint density at radius 1 is 1.07 bits per heavy atom. The van der Waals surface area contributed by atoms with Crippen molar-refractivity contribution in [2.45, 2.75) is 12.8 Å². The summed E-state index contributed by atoms with van der Waals surface area (Å²) in [6.45, 7) is 0.265. The zero-order valence-corrected chi connectivity index (χ0v) is 15.6. The summed E-state index contributed by atoms with van der Waals surface area (Å²) < 4.78 is 6.01. The van der Waals surface area contributed by atoms with Crippen molar-refractivity contribution in [2.75, 3.05) is 13.2 Å². The van der Waals surface area contributed by atoms with Crippen LogP contribution in [0.25, 0.3) is 16.3 Å². The molecule has 3 rings (SSSR count). The highest BCUT2D eigenvalue weighted by atomic mass is 32.1. The lowest BCUT2D eigenvalue weighted by atomic mass is 10.1. The number of esters is 1. The summed E-state index contributed by atoms with van der Waals surface area (Å²) in [6.07, 6.45) is 4.62. The number of carbonyl (C=O) groups is 2. The highest BCUT2D eigenvalue weighted by Crippen LogP contribution is 2.22. The Morgan fingerprint density at radius 3 is 2.67 bits per heavy atom. The van der Waals surface area contributed by atoms with Gasteiger partial charge in [-0.25, -0.2) is 9.78 Å². The van der Waals surface area contributed by atoms with Crippen LogP contribution in [0.4, 0.5) is 0 Å². The standard InChI is InChI=1S/C21H20N2O3S/c24-19(22-14-6-9-16-7-2-1-3-8-16)15-26-21(25)13-12-20-23-17-10-4-5-11-18(17)27-20/h1-5,7-8,10-13H,6,9,14-15H2,(H,22,24)/b13-12+. The largest absolute Gasteiger partial charge is 0.452 e. The van der Waals surface area contributed by atoms with Crippen molar-refractivity contribution in [3.63, 3.8) is 0 Å². The molecule has 0 aliphatic rings. The average molecular weight is 380 g/mol. The molecule has 0 spiro atoms. The summed E-state index contributed by atoms with van der Waals surface area (Å²) in [5.41, 5.74) is 2.13. The molecule has 1 heterocycles. The zero-order valence-electron chi connectivity index (χ0n) is 14.8. The van der Waals surface area contributed by atoms with E-state index in [4.69, 9.17) is 4.74 Å². The van der Waals surface area contributed by atoms with Gasteiger partial charge in [-0.3, -0.25) is 4.79 Å². The summed E-state index contributed by atoms with van der Waals surface area (Å²) >= 11 is 1.49. The molecule has 0 saturated heterocycles. The maximum Gasteiger partial charge on any atom is 0.331 e. The molecule has 6 heteroatoms. The predicted molar refractivity (Wildman–Crippen MR) is 107 cm³/mol. The van der Waals surface area contributed by atoms with Gasteiger partial charge in [0.05, 0.1) is 10.2 Å². The maximum atomic E-state index is 11.7. The lowest BCUT2D eigenvalue weighted by Crippen LogP contribution is -2.29. The average Bonchev–Trinajstić information content (AvgIpc) is 3.12. The Hall–Kier alpha value is -2.99. The molecule has 0 unspecified atom stereocenters.